The smallest absolute Gasteiger partial charge is 0.162 e. The third-order valence-corrected chi connectivity index (χ3v) is 4.17. The highest BCUT2D eigenvalue weighted by molar-refractivity contribution is 7.06. The van der Waals surface area contributed by atoms with Crippen LogP contribution in [0.4, 0.5) is 0 Å². The van der Waals surface area contributed by atoms with Crippen molar-refractivity contribution in [3.63, 3.8) is 0 Å². The van der Waals surface area contributed by atoms with Gasteiger partial charge < -0.3 is 0 Å². The zero-order chi connectivity index (χ0) is 11.4. The average Bonchev–Trinajstić information content (AvgIpc) is 2.17. The predicted molar refractivity (Wildman–Crippen MR) is 71.8 cm³/mol. The monoisotopic (exact) mass is 237 g/mol. The lowest BCUT2D eigenvalue weighted by molar-refractivity contribution is 0.857. The van der Waals surface area contributed by atoms with Crippen molar-refractivity contribution in [2.45, 2.75) is 32.4 Å². The molecule has 0 nitrogen and oxygen atoms in total. The van der Waals surface area contributed by atoms with Crippen LogP contribution in [0.25, 0.3) is 5.57 Å². The zero-order valence-corrected chi connectivity index (χ0v) is 11.4. The molecule has 0 aliphatic heterocycles. The van der Waals surface area contributed by atoms with Gasteiger partial charge in [-0.1, -0.05) is 49.9 Å². The summed E-state index contributed by atoms with van der Waals surface area (Å²) in [5, 5.41) is 0. The van der Waals surface area contributed by atoms with Gasteiger partial charge in [0.05, 0.1) is 0 Å². The molecule has 2 heteroatoms. The lowest BCUT2D eigenvalue weighted by Crippen LogP contribution is -2.03. The van der Waals surface area contributed by atoms with Crippen molar-refractivity contribution in [2.24, 2.45) is 0 Å². The minimum absolute atomic E-state index is 0.556. The number of allylic oxidation sites excluding steroid dienone is 1. The Bertz CT molecular complexity index is 344. The number of halogens is 1. The molecule has 0 fully saturated rings. The molecule has 0 bridgehead atoms. The molecule has 0 saturated heterocycles. The Hall–Kier alpha value is -0.533. The van der Waals surface area contributed by atoms with E-state index in [1.54, 1.807) is 0 Å². The second-order valence-corrected chi connectivity index (χ2v) is 7.88. The van der Waals surface area contributed by atoms with Crippen LogP contribution in [0.3, 0.4) is 0 Å². The number of rotatable bonds is 4. The summed E-state index contributed by atoms with van der Waals surface area (Å²) in [5.74, 6) is 0.556. The molecule has 0 aliphatic carbocycles. The van der Waals surface area contributed by atoms with E-state index in [0.29, 0.717) is 5.92 Å². The van der Waals surface area contributed by atoms with E-state index in [4.69, 9.17) is 11.1 Å². The first-order valence-corrected chi connectivity index (χ1v) is 8.46. The number of benzene rings is 1. The average molecular weight is 238 g/mol. The summed E-state index contributed by atoms with van der Waals surface area (Å²) >= 11 is 6.11. The topological polar surface area (TPSA) is 0 Å². The summed E-state index contributed by atoms with van der Waals surface area (Å²) < 4.78 is 0. The molecule has 0 N–H and O–H groups in total. The Balaban J connectivity index is 2.85. The van der Waals surface area contributed by atoms with Gasteiger partial charge >= 0.3 is 0 Å². The minimum atomic E-state index is -0.664. The van der Waals surface area contributed by atoms with E-state index in [1.807, 2.05) is 6.92 Å². The third kappa shape index (κ3) is 3.84. The van der Waals surface area contributed by atoms with E-state index in [2.05, 4.69) is 44.3 Å². The Kier molecular flexibility index (Phi) is 4.62. The van der Waals surface area contributed by atoms with Crippen molar-refractivity contribution in [3.8, 4) is 0 Å². The number of hydrogen-bond donors (Lipinski definition) is 0. The van der Waals surface area contributed by atoms with Crippen molar-refractivity contribution in [1.29, 1.82) is 0 Å². The zero-order valence-electron chi connectivity index (χ0n) is 9.68. The summed E-state index contributed by atoms with van der Waals surface area (Å²) in [6.07, 6.45) is 0. The van der Waals surface area contributed by atoms with Gasteiger partial charge in [-0.3, -0.25) is 0 Å². The summed E-state index contributed by atoms with van der Waals surface area (Å²) in [6.45, 7) is 10.4. The second kappa shape index (κ2) is 5.52. The highest BCUT2D eigenvalue weighted by Gasteiger charge is 2.10. The van der Waals surface area contributed by atoms with Crippen molar-refractivity contribution in [3.05, 3.63) is 42.0 Å². The second-order valence-electron chi connectivity index (χ2n) is 4.19. The van der Waals surface area contributed by atoms with Crippen molar-refractivity contribution >= 4 is 24.8 Å². The fraction of sp³-hybridized carbons (Fsp3) is 0.385. The van der Waals surface area contributed by atoms with Gasteiger partial charge in [0.15, 0.2) is 8.11 Å². The maximum absolute atomic E-state index is 6.11. The van der Waals surface area contributed by atoms with Gasteiger partial charge in [-0.25, -0.2) is 0 Å². The summed E-state index contributed by atoms with van der Waals surface area (Å²) in [6, 6.07) is 9.74. The molecular weight excluding hydrogens is 220 g/mol. The Morgan fingerprint density at radius 1 is 1.53 bits per heavy atom. The maximum Gasteiger partial charge on any atom is 0.162 e. The molecular formula is C13H18ClSi. The highest BCUT2D eigenvalue weighted by Crippen LogP contribution is 2.24. The van der Waals surface area contributed by atoms with Crippen LogP contribution in [0.2, 0.25) is 12.6 Å². The van der Waals surface area contributed by atoms with Crippen molar-refractivity contribution in [1.82, 2.24) is 0 Å². The molecule has 1 radical (unpaired) electrons. The molecule has 81 valence electrons. The van der Waals surface area contributed by atoms with Crippen molar-refractivity contribution in [2.75, 3.05) is 0 Å². The fourth-order valence-electron chi connectivity index (χ4n) is 1.65. The predicted octanol–water partition coefficient (Wildman–Crippen LogP) is 4.68. The molecule has 0 saturated carbocycles. The van der Waals surface area contributed by atoms with Gasteiger partial charge in [0.1, 0.15) is 0 Å². The molecule has 1 rings (SSSR count). The van der Waals surface area contributed by atoms with Crippen LogP contribution in [0.5, 0.6) is 0 Å². The Morgan fingerprint density at radius 2 is 2.20 bits per heavy atom. The molecule has 0 amide bonds. The normalized spacial score (nSPS) is 12.9. The molecule has 15 heavy (non-hydrogen) atoms. The first-order chi connectivity index (χ1) is 7.00. The molecule has 1 unspecified atom stereocenters. The van der Waals surface area contributed by atoms with Gasteiger partial charge in [0.25, 0.3) is 0 Å². The van der Waals surface area contributed by atoms with Gasteiger partial charge in [-0.05, 0) is 30.0 Å². The molecule has 0 aliphatic rings. The molecule has 1 atom stereocenters. The van der Waals surface area contributed by atoms with Crippen LogP contribution in [0.15, 0.2) is 30.8 Å². The van der Waals surface area contributed by atoms with Gasteiger partial charge in [-0.15, -0.1) is 0 Å². The first-order valence-electron chi connectivity index (χ1n) is 5.24. The SMILES string of the molecule is C=C(C)c1cccc(C(C)C[Si](C)Cl)c1. The van der Waals surface area contributed by atoms with Crippen molar-refractivity contribution < 1.29 is 0 Å². The van der Waals surface area contributed by atoms with E-state index in [0.717, 1.165) is 11.6 Å². The Labute approximate surface area is 99.3 Å². The van der Waals surface area contributed by atoms with Crippen LogP contribution < -0.4 is 0 Å². The van der Waals surface area contributed by atoms with Crippen LogP contribution in [-0.4, -0.2) is 8.11 Å². The lowest BCUT2D eigenvalue weighted by Gasteiger charge is -2.13. The summed E-state index contributed by atoms with van der Waals surface area (Å²) in [5.41, 5.74) is 3.73. The summed E-state index contributed by atoms with van der Waals surface area (Å²) in [4.78, 5) is 0. The lowest BCUT2D eigenvalue weighted by atomic mass is 9.98. The van der Waals surface area contributed by atoms with E-state index < -0.39 is 8.11 Å². The fourth-order valence-corrected chi connectivity index (χ4v) is 3.42. The van der Waals surface area contributed by atoms with E-state index in [9.17, 15) is 0 Å². The van der Waals surface area contributed by atoms with E-state index in [-0.39, 0.29) is 0 Å². The van der Waals surface area contributed by atoms with Crippen LogP contribution >= 0.6 is 11.1 Å². The standard InChI is InChI=1S/C13H18ClSi/c1-10(2)12-6-5-7-13(8-12)11(3)9-15(4)14/h5-8,11H,1,9H2,2-4H3. The minimum Gasteiger partial charge on any atom is -0.169 e. The molecule has 0 heterocycles. The van der Waals surface area contributed by atoms with Crippen LogP contribution in [-0.2, 0) is 0 Å². The maximum atomic E-state index is 6.11. The Morgan fingerprint density at radius 3 is 2.73 bits per heavy atom. The quantitative estimate of drug-likeness (QED) is 0.527. The number of hydrogen-bond acceptors (Lipinski definition) is 0. The molecule has 0 spiro atoms. The van der Waals surface area contributed by atoms with Crippen LogP contribution in [0.1, 0.15) is 30.9 Å². The van der Waals surface area contributed by atoms with Gasteiger partial charge in [0, 0.05) is 0 Å². The van der Waals surface area contributed by atoms with E-state index >= 15 is 0 Å². The largest absolute Gasteiger partial charge is 0.169 e. The third-order valence-electron chi connectivity index (χ3n) is 2.54. The van der Waals surface area contributed by atoms with Gasteiger partial charge in [-0.2, -0.15) is 11.1 Å². The highest BCUT2D eigenvalue weighted by atomic mass is 35.6. The molecule has 1 aromatic rings. The van der Waals surface area contributed by atoms with Gasteiger partial charge in [0.2, 0.25) is 0 Å². The van der Waals surface area contributed by atoms with Crippen LogP contribution in [0, 0.1) is 0 Å². The summed E-state index contributed by atoms with van der Waals surface area (Å²) in [7, 11) is -0.664. The van der Waals surface area contributed by atoms with E-state index in [1.165, 1.54) is 11.1 Å². The first kappa shape index (κ1) is 12.5. The molecule has 1 aromatic carbocycles. The molecule has 0 aromatic heterocycles.